The minimum atomic E-state index is 0.222. The number of thioether (sulfide) groups is 1. The van der Waals surface area contributed by atoms with Crippen LogP contribution in [-0.2, 0) is 6.42 Å². The number of rotatable bonds is 4. The summed E-state index contributed by atoms with van der Waals surface area (Å²) >= 11 is 3.85. The average molecular weight is 243 g/mol. The SMILES string of the molecule is CC(CO)c1cnc(CC2CCCS2)s1. The molecule has 0 spiro atoms. The van der Waals surface area contributed by atoms with E-state index in [0.29, 0.717) is 0 Å². The van der Waals surface area contributed by atoms with Gasteiger partial charge in [-0.1, -0.05) is 6.92 Å². The summed E-state index contributed by atoms with van der Waals surface area (Å²) in [7, 11) is 0. The van der Waals surface area contributed by atoms with E-state index in [4.69, 9.17) is 5.11 Å². The lowest BCUT2D eigenvalue weighted by Gasteiger charge is -2.04. The van der Waals surface area contributed by atoms with Gasteiger partial charge in [-0.3, -0.25) is 0 Å². The summed E-state index contributed by atoms with van der Waals surface area (Å²) in [4.78, 5) is 5.66. The van der Waals surface area contributed by atoms with Crippen molar-refractivity contribution < 1.29 is 5.11 Å². The van der Waals surface area contributed by atoms with E-state index in [9.17, 15) is 0 Å². The molecular weight excluding hydrogens is 226 g/mol. The highest BCUT2D eigenvalue weighted by Gasteiger charge is 2.18. The van der Waals surface area contributed by atoms with Crippen LogP contribution in [0.2, 0.25) is 0 Å². The first kappa shape index (κ1) is 11.4. The van der Waals surface area contributed by atoms with Crippen molar-refractivity contribution in [3.05, 3.63) is 16.1 Å². The Morgan fingerprint density at radius 1 is 1.67 bits per heavy atom. The molecule has 1 aromatic rings. The monoisotopic (exact) mass is 243 g/mol. The zero-order valence-electron chi connectivity index (χ0n) is 8.98. The third-order valence-corrected chi connectivity index (χ3v) is 5.41. The van der Waals surface area contributed by atoms with Gasteiger partial charge in [-0.15, -0.1) is 11.3 Å². The number of hydrogen-bond acceptors (Lipinski definition) is 4. The molecule has 0 amide bonds. The van der Waals surface area contributed by atoms with E-state index < -0.39 is 0 Å². The minimum absolute atomic E-state index is 0.222. The topological polar surface area (TPSA) is 33.1 Å². The smallest absolute Gasteiger partial charge is 0.0938 e. The van der Waals surface area contributed by atoms with Gasteiger partial charge in [0.1, 0.15) is 0 Å². The van der Waals surface area contributed by atoms with E-state index in [2.05, 4.69) is 16.7 Å². The highest BCUT2D eigenvalue weighted by molar-refractivity contribution is 8.00. The summed E-state index contributed by atoms with van der Waals surface area (Å²) in [6.45, 7) is 2.27. The van der Waals surface area contributed by atoms with Crippen LogP contribution in [0.1, 0.15) is 35.6 Å². The predicted molar refractivity (Wildman–Crippen MR) is 66.8 cm³/mol. The lowest BCUT2D eigenvalue weighted by atomic mass is 10.2. The van der Waals surface area contributed by atoms with Crippen LogP contribution in [0.25, 0.3) is 0 Å². The Labute approximate surface area is 99.1 Å². The van der Waals surface area contributed by atoms with Gasteiger partial charge in [0, 0.05) is 28.7 Å². The van der Waals surface area contributed by atoms with E-state index in [1.165, 1.54) is 28.5 Å². The summed E-state index contributed by atoms with van der Waals surface area (Å²) < 4.78 is 0. The first-order chi connectivity index (χ1) is 7.29. The second kappa shape index (κ2) is 5.32. The molecule has 0 bridgehead atoms. The Bertz CT molecular complexity index is 307. The third-order valence-electron chi connectivity index (χ3n) is 2.76. The molecule has 0 radical (unpaired) electrons. The summed E-state index contributed by atoms with van der Waals surface area (Å²) in [5, 5.41) is 11.1. The molecule has 1 saturated heterocycles. The lowest BCUT2D eigenvalue weighted by molar-refractivity contribution is 0.274. The van der Waals surface area contributed by atoms with Crippen LogP contribution in [-0.4, -0.2) is 27.7 Å². The number of thiazole rings is 1. The Balaban J connectivity index is 1.94. The zero-order valence-corrected chi connectivity index (χ0v) is 10.6. The Hall–Kier alpha value is -0.0600. The maximum absolute atomic E-state index is 9.06. The fraction of sp³-hybridized carbons (Fsp3) is 0.727. The molecule has 84 valence electrons. The summed E-state index contributed by atoms with van der Waals surface area (Å²) in [5.41, 5.74) is 0. The molecule has 0 aliphatic carbocycles. The molecule has 2 rings (SSSR count). The molecular formula is C11H17NOS2. The second-order valence-corrected chi connectivity index (χ2v) is 6.63. The molecule has 2 atom stereocenters. The van der Waals surface area contributed by atoms with E-state index in [1.807, 2.05) is 13.1 Å². The van der Waals surface area contributed by atoms with E-state index in [1.54, 1.807) is 11.3 Å². The molecule has 0 aromatic carbocycles. The van der Waals surface area contributed by atoms with Gasteiger partial charge in [0.2, 0.25) is 0 Å². The van der Waals surface area contributed by atoms with Crippen molar-refractivity contribution in [1.29, 1.82) is 0 Å². The van der Waals surface area contributed by atoms with Gasteiger partial charge in [0.15, 0.2) is 0 Å². The van der Waals surface area contributed by atoms with Crippen molar-refractivity contribution in [3.8, 4) is 0 Å². The maximum Gasteiger partial charge on any atom is 0.0938 e. The zero-order chi connectivity index (χ0) is 10.7. The third kappa shape index (κ3) is 2.95. The van der Waals surface area contributed by atoms with Crippen molar-refractivity contribution in [3.63, 3.8) is 0 Å². The van der Waals surface area contributed by atoms with Crippen LogP contribution in [0, 0.1) is 0 Å². The van der Waals surface area contributed by atoms with Gasteiger partial charge in [-0.25, -0.2) is 4.98 Å². The minimum Gasteiger partial charge on any atom is -0.396 e. The Morgan fingerprint density at radius 3 is 3.20 bits per heavy atom. The first-order valence-electron chi connectivity index (χ1n) is 5.46. The first-order valence-corrected chi connectivity index (χ1v) is 7.33. The maximum atomic E-state index is 9.06. The fourth-order valence-electron chi connectivity index (χ4n) is 1.74. The Morgan fingerprint density at radius 2 is 2.53 bits per heavy atom. The number of aliphatic hydroxyl groups excluding tert-OH is 1. The molecule has 2 heterocycles. The van der Waals surface area contributed by atoms with Crippen LogP contribution in [0.3, 0.4) is 0 Å². The molecule has 2 unspecified atom stereocenters. The summed E-state index contributed by atoms with van der Waals surface area (Å²) in [6, 6.07) is 0. The molecule has 1 fully saturated rings. The van der Waals surface area contributed by atoms with Crippen LogP contribution in [0.15, 0.2) is 6.20 Å². The average Bonchev–Trinajstić information content (AvgIpc) is 2.88. The number of aromatic nitrogens is 1. The molecule has 1 aliphatic rings. The van der Waals surface area contributed by atoms with Crippen molar-refractivity contribution in [1.82, 2.24) is 4.98 Å². The van der Waals surface area contributed by atoms with Crippen LogP contribution in [0.5, 0.6) is 0 Å². The fourth-order valence-corrected chi connectivity index (χ4v) is 4.16. The molecule has 2 nitrogen and oxygen atoms in total. The van der Waals surface area contributed by atoms with Gasteiger partial charge in [-0.05, 0) is 18.6 Å². The number of hydrogen-bond donors (Lipinski definition) is 1. The van der Waals surface area contributed by atoms with Gasteiger partial charge < -0.3 is 5.11 Å². The van der Waals surface area contributed by atoms with Gasteiger partial charge in [-0.2, -0.15) is 11.8 Å². The standard InChI is InChI=1S/C11H17NOS2/c1-8(7-13)10-6-12-11(15-10)5-9-3-2-4-14-9/h6,8-9,13H,2-5,7H2,1H3. The second-order valence-electron chi connectivity index (χ2n) is 4.08. The van der Waals surface area contributed by atoms with E-state index in [0.717, 1.165) is 11.7 Å². The predicted octanol–water partition coefficient (Wildman–Crippen LogP) is 2.68. The molecule has 1 aliphatic heterocycles. The molecule has 15 heavy (non-hydrogen) atoms. The summed E-state index contributed by atoms with van der Waals surface area (Å²) in [5.74, 6) is 1.56. The lowest BCUT2D eigenvalue weighted by Crippen LogP contribution is -2.00. The molecule has 1 N–H and O–H groups in total. The highest BCUT2D eigenvalue weighted by atomic mass is 32.2. The molecule has 4 heteroatoms. The Kier molecular flexibility index (Phi) is 4.05. The van der Waals surface area contributed by atoms with Gasteiger partial charge in [0.25, 0.3) is 0 Å². The van der Waals surface area contributed by atoms with Crippen molar-refractivity contribution in [2.45, 2.75) is 37.4 Å². The van der Waals surface area contributed by atoms with Crippen LogP contribution in [0.4, 0.5) is 0 Å². The summed E-state index contributed by atoms with van der Waals surface area (Å²) in [6.07, 6.45) is 5.75. The number of aliphatic hydroxyl groups is 1. The molecule has 1 aromatic heterocycles. The quantitative estimate of drug-likeness (QED) is 0.882. The van der Waals surface area contributed by atoms with Crippen molar-refractivity contribution in [2.24, 2.45) is 0 Å². The largest absolute Gasteiger partial charge is 0.396 e. The van der Waals surface area contributed by atoms with E-state index >= 15 is 0 Å². The van der Waals surface area contributed by atoms with Crippen molar-refractivity contribution >= 4 is 23.1 Å². The van der Waals surface area contributed by atoms with Crippen LogP contribution >= 0.6 is 23.1 Å². The number of nitrogens with zero attached hydrogens (tertiary/aromatic N) is 1. The van der Waals surface area contributed by atoms with Crippen molar-refractivity contribution in [2.75, 3.05) is 12.4 Å². The van der Waals surface area contributed by atoms with Gasteiger partial charge in [0.05, 0.1) is 11.6 Å². The van der Waals surface area contributed by atoms with Crippen LogP contribution < -0.4 is 0 Å². The molecule has 0 saturated carbocycles. The van der Waals surface area contributed by atoms with Gasteiger partial charge >= 0.3 is 0 Å². The normalized spacial score (nSPS) is 23.2. The highest BCUT2D eigenvalue weighted by Crippen LogP contribution is 2.31. The van der Waals surface area contributed by atoms with E-state index in [-0.39, 0.29) is 12.5 Å².